The maximum absolute atomic E-state index is 4.82. The van der Waals surface area contributed by atoms with E-state index >= 15 is 0 Å². The van der Waals surface area contributed by atoms with Gasteiger partial charge >= 0.3 is 0 Å². The molecule has 0 amide bonds. The Morgan fingerprint density at radius 1 is 1.20 bits per heavy atom. The third-order valence-electron chi connectivity index (χ3n) is 3.89. The molecule has 20 heavy (non-hydrogen) atoms. The van der Waals surface area contributed by atoms with Gasteiger partial charge in [-0.1, -0.05) is 20.8 Å². The topological polar surface area (TPSA) is 37.8 Å². The van der Waals surface area contributed by atoms with Gasteiger partial charge in [0.15, 0.2) is 0 Å². The molecule has 0 bridgehead atoms. The molecule has 0 radical (unpaired) electrons. The predicted octanol–water partition coefficient (Wildman–Crippen LogP) is 4.52. The molecule has 0 spiro atoms. The van der Waals surface area contributed by atoms with E-state index in [0.29, 0.717) is 5.92 Å². The van der Waals surface area contributed by atoms with Crippen LogP contribution in [0, 0.1) is 0 Å². The summed E-state index contributed by atoms with van der Waals surface area (Å²) in [6.45, 7) is 7.50. The molecule has 3 rings (SSSR count). The zero-order chi connectivity index (χ0) is 14.1. The van der Waals surface area contributed by atoms with E-state index in [-0.39, 0.29) is 0 Å². The van der Waals surface area contributed by atoms with E-state index in [0.717, 1.165) is 24.6 Å². The van der Waals surface area contributed by atoms with Crippen LogP contribution >= 0.6 is 11.3 Å². The molecule has 0 atom stereocenters. The molecule has 2 aromatic heterocycles. The van der Waals surface area contributed by atoms with Gasteiger partial charge < -0.3 is 5.32 Å². The summed E-state index contributed by atoms with van der Waals surface area (Å²) in [5.41, 5.74) is 1.52. The van der Waals surface area contributed by atoms with Crippen molar-refractivity contribution in [2.75, 3.05) is 11.9 Å². The first kappa shape index (κ1) is 13.8. The van der Waals surface area contributed by atoms with Crippen molar-refractivity contribution in [3.8, 4) is 0 Å². The Labute approximate surface area is 124 Å². The van der Waals surface area contributed by atoms with Gasteiger partial charge in [0.1, 0.15) is 16.5 Å². The van der Waals surface area contributed by atoms with Crippen LogP contribution in [0.2, 0.25) is 0 Å². The molecule has 1 N–H and O–H groups in total. The van der Waals surface area contributed by atoms with Gasteiger partial charge in [0.05, 0.1) is 5.39 Å². The summed E-state index contributed by atoms with van der Waals surface area (Å²) >= 11 is 1.89. The largest absolute Gasteiger partial charge is 0.369 e. The average molecular weight is 289 g/mol. The van der Waals surface area contributed by atoms with Crippen LogP contribution in [-0.2, 0) is 12.8 Å². The highest BCUT2D eigenvalue weighted by Crippen LogP contribution is 2.39. The number of rotatable bonds is 4. The summed E-state index contributed by atoms with van der Waals surface area (Å²) < 4.78 is 0. The molecule has 0 aliphatic heterocycles. The quantitative estimate of drug-likeness (QED) is 0.899. The second-order valence-corrected chi connectivity index (χ2v) is 6.99. The molecule has 4 heteroatoms. The van der Waals surface area contributed by atoms with Crippen LogP contribution in [0.3, 0.4) is 0 Å². The van der Waals surface area contributed by atoms with Crippen molar-refractivity contribution in [1.29, 1.82) is 0 Å². The molecule has 0 saturated carbocycles. The molecular weight excluding hydrogens is 266 g/mol. The van der Waals surface area contributed by atoms with E-state index in [1.165, 1.54) is 41.5 Å². The lowest BCUT2D eigenvalue weighted by atomic mass is 9.97. The van der Waals surface area contributed by atoms with Gasteiger partial charge in [-0.3, -0.25) is 0 Å². The van der Waals surface area contributed by atoms with Crippen molar-refractivity contribution in [2.24, 2.45) is 0 Å². The highest BCUT2D eigenvalue weighted by Gasteiger charge is 2.21. The van der Waals surface area contributed by atoms with Gasteiger partial charge in [0, 0.05) is 17.3 Å². The molecule has 0 aromatic carbocycles. The molecular formula is C16H23N3S. The lowest BCUT2D eigenvalue weighted by Crippen LogP contribution is -2.08. The fourth-order valence-electron chi connectivity index (χ4n) is 2.80. The number of anilines is 1. The Morgan fingerprint density at radius 3 is 2.75 bits per heavy atom. The van der Waals surface area contributed by atoms with Crippen molar-refractivity contribution in [3.63, 3.8) is 0 Å². The van der Waals surface area contributed by atoms with Crippen molar-refractivity contribution < 1.29 is 0 Å². The average Bonchev–Trinajstić information content (AvgIpc) is 2.83. The number of nitrogens with one attached hydrogen (secondary N) is 1. The lowest BCUT2D eigenvalue weighted by Gasteiger charge is -2.13. The summed E-state index contributed by atoms with van der Waals surface area (Å²) in [7, 11) is 0. The Balaban J connectivity index is 2.17. The first-order valence-electron chi connectivity index (χ1n) is 7.76. The zero-order valence-corrected chi connectivity index (χ0v) is 13.4. The second kappa shape index (κ2) is 5.68. The number of hydrogen-bond acceptors (Lipinski definition) is 4. The molecule has 2 heterocycles. The smallest absolute Gasteiger partial charge is 0.138 e. The minimum atomic E-state index is 0.376. The van der Waals surface area contributed by atoms with E-state index in [4.69, 9.17) is 9.97 Å². The fourth-order valence-corrected chi connectivity index (χ4v) is 4.07. The van der Waals surface area contributed by atoms with Crippen molar-refractivity contribution in [1.82, 2.24) is 9.97 Å². The Kier molecular flexibility index (Phi) is 3.92. The monoisotopic (exact) mass is 289 g/mol. The minimum absolute atomic E-state index is 0.376. The number of aromatic nitrogens is 2. The Hall–Kier alpha value is -1.16. The van der Waals surface area contributed by atoms with Gasteiger partial charge in [-0.15, -0.1) is 11.3 Å². The Bertz CT molecular complexity index is 616. The van der Waals surface area contributed by atoms with Crippen LogP contribution < -0.4 is 5.32 Å². The van der Waals surface area contributed by atoms with E-state index < -0.39 is 0 Å². The Morgan fingerprint density at radius 2 is 2.00 bits per heavy atom. The van der Waals surface area contributed by atoms with E-state index in [9.17, 15) is 0 Å². The zero-order valence-electron chi connectivity index (χ0n) is 12.6. The maximum Gasteiger partial charge on any atom is 0.138 e. The van der Waals surface area contributed by atoms with Gasteiger partial charge in [0.2, 0.25) is 0 Å². The molecule has 0 fully saturated rings. The maximum atomic E-state index is 4.82. The third-order valence-corrected chi connectivity index (χ3v) is 5.08. The highest BCUT2D eigenvalue weighted by molar-refractivity contribution is 7.19. The predicted molar refractivity (Wildman–Crippen MR) is 86.9 cm³/mol. The first-order chi connectivity index (χ1) is 9.70. The molecule has 0 saturated heterocycles. The molecule has 3 nitrogen and oxygen atoms in total. The SMILES string of the molecule is CCCNc1nc(C(C)C)nc2sc3c(c12)CCCC3. The summed E-state index contributed by atoms with van der Waals surface area (Å²) in [6.07, 6.45) is 6.16. The van der Waals surface area contributed by atoms with Gasteiger partial charge in [-0.2, -0.15) is 0 Å². The minimum Gasteiger partial charge on any atom is -0.369 e. The molecule has 1 aliphatic carbocycles. The van der Waals surface area contributed by atoms with E-state index in [1.807, 2.05) is 11.3 Å². The lowest BCUT2D eigenvalue weighted by molar-refractivity contribution is 0.700. The molecule has 1 aliphatic rings. The van der Waals surface area contributed by atoms with Gasteiger partial charge in [0.25, 0.3) is 0 Å². The third kappa shape index (κ3) is 2.41. The van der Waals surface area contributed by atoms with Crippen LogP contribution in [0.5, 0.6) is 0 Å². The first-order valence-corrected chi connectivity index (χ1v) is 8.58. The summed E-state index contributed by atoms with van der Waals surface area (Å²) in [6, 6.07) is 0. The number of aryl methyl sites for hydroxylation is 2. The summed E-state index contributed by atoms with van der Waals surface area (Å²) in [4.78, 5) is 12.4. The standard InChI is InChI=1S/C16H23N3S/c1-4-9-17-15-13-11-7-5-6-8-12(11)20-16(13)19-14(18-15)10(2)3/h10H,4-9H2,1-3H3,(H,17,18,19). The van der Waals surface area contributed by atoms with E-state index in [2.05, 4.69) is 26.1 Å². The fraction of sp³-hybridized carbons (Fsp3) is 0.625. The van der Waals surface area contributed by atoms with Crippen molar-refractivity contribution >= 4 is 27.4 Å². The number of nitrogens with zero attached hydrogens (tertiary/aromatic N) is 2. The summed E-state index contributed by atoms with van der Waals surface area (Å²) in [5, 5.41) is 4.83. The normalized spacial score (nSPS) is 14.8. The van der Waals surface area contributed by atoms with Crippen LogP contribution in [0.15, 0.2) is 0 Å². The highest BCUT2D eigenvalue weighted by atomic mass is 32.1. The van der Waals surface area contributed by atoms with Crippen LogP contribution in [0.25, 0.3) is 10.2 Å². The van der Waals surface area contributed by atoms with Gasteiger partial charge in [-0.05, 0) is 37.7 Å². The summed E-state index contributed by atoms with van der Waals surface area (Å²) in [5.74, 6) is 2.41. The van der Waals surface area contributed by atoms with Crippen LogP contribution in [-0.4, -0.2) is 16.5 Å². The number of fused-ring (bicyclic) bond motifs is 3. The number of hydrogen-bond donors (Lipinski definition) is 1. The molecule has 0 unspecified atom stereocenters. The van der Waals surface area contributed by atoms with E-state index in [1.54, 1.807) is 4.88 Å². The van der Waals surface area contributed by atoms with Crippen molar-refractivity contribution in [3.05, 3.63) is 16.3 Å². The number of thiophene rings is 1. The van der Waals surface area contributed by atoms with Crippen molar-refractivity contribution in [2.45, 2.75) is 58.8 Å². The molecule has 108 valence electrons. The van der Waals surface area contributed by atoms with Gasteiger partial charge in [-0.25, -0.2) is 9.97 Å². The van der Waals surface area contributed by atoms with Crippen LogP contribution in [0.1, 0.15) is 62.2 Å². The van der Waals surface area contributed by atoms with Crippen LogP contribution in [0.4, 0.5) is 5.82 Å². The second-order valence-electron chi connectivity index (χ2n) is 5.90. The molecule has 2 aromatic rings.